The fraction of sp³-hybridized carbons (Fsp3) is 0.938. The number of hydrogen-bond acceptors (Lipinski definition) is 3. The smallest absolute Gasteiger partial charge is 0.224 e. The first-order valence-electron chi connectivity index (χ1n) is 8.26. The Kier molecular flexibility index (Phi) is 5.44. The SMILES string of the molecule is CCC1CCCN(C(C)(C)CNC(=O)C2CCNC2)C1. The zero-order chi connectivity index (χ0) is 14.6. The molecular weight excluding hydrogens is 250 g/mol. The maximum atomic E-state index is 12.1. The molecular formula is C16H31N3O. The minimum Gasteiger partial charge on any atom is -0.354 e. The molecule has 0 saturated carbocycles. The topological polar surface area (TPSA) is 44.4 Å². The summed E-state index contributed by atoms with van der Waals surface area (Å²) in [4.78, 5) is 14.7. The molecule has 2 atom stereocenters. The molecule has 0 aromatic carbocycles. The number of rotatable bonds is 5. The zero-order valence-corrected chi connectivity index (χ0v) is 13.4. The number of likely N-dealkylation sites (tertiary alicyclic amines) is 1. The van der Waals surface area contributed by atoms with Crippen molar-refractivity contribution in [1.82, 2.24) is 15.5 Å². The van der Waals surface area contributed by atoms with Gasteiger partial charge < -0.3 is 10.6 Å². The normalized spacial score (nSPS) is 28.6. The minimum atomic E-state index is 0.0650. The Hall–Kier alpha value is -0.610. The molecule has 4 heteroatoms. The van der Waals surface area contributed by atoms with Crippen molar-refractivity contribution in [3.63, 3.8) is 0 Å². The highest BCUT2D eigenvalue weighted by Crippen LogP contribution is 2.25. The quantitative estimate of drug-likeness (QED) is 0.805. The maximum Gasteiger partial charge on any atom is 0.224 e. The van der Waals surface area contributed by atoms with E-state index in [1.807, 2.05) is 0 Å². The number of nitrogens with one attached hydrogen (secondary N) is 2. The molecule has 0 bridgehead atoms. The summed E-state index contributed by atoms with van der Waals surface area (Å²) in [6.07, 6.45) is 4.91. The van der Waals surface area contributed by atoms with Crippen LogP contribution in [-0.2, 0) is 4.79 Å². The summed E-state index contributed by atoms with van der Waals surface area (Å²) >= 11 is 0. The van der Waals surface area contributed by atoms with Crippen molar-refractivity contribution < 1.29 is 4.79 Å². The third-order valence-electron chi connectivity index (χ3n) is 5.08. The summed E-state index contributed by atoms with van der Waals surface area (Å²) in [6.45, 7) is 11.7. The van der Waals surface area contributed by atoms with E-state index in [1.54, 1.807) is 0 Å². The van der Waals surface area contributed by atoms with Crippen molar-refractivity contribution in [1.29, 1.82) is 0 Å². The molecule has 1 amide bonds. The monoisotopic (exact) mass is 281 g/mol. The molecule has 2 heterocycles. The highest BCUT2D eigenvalue weighted by molar-refractivity contribution is 5.79. The first-order chi connectivity index (χ1) is 9.53. The van der Waals surface area contributed by atoms with Crippen LogP contribution in [0.15, 0.2) is 0 Å². The summed E-state index contributed by atoms with van der Waals surface area (Å²) in [7, 11) is 0. The van der Waals surface area contributed by atoms with Gasteiger partial charge in [-0.05, 0) is 52.1 Å². The summed E-state index contributed by atoms with van der Waals surface area (Å²) in [5.74, 6) is 1.24. The van der Waals surface area contributed by atoms with E-state index < -0.39 is 0 Å². The fourth-order valence-electron chi connectivity index (χ4n) is 3.39. The van der Waals surface area contributed by atoms with E-state index in [1.165, 1.54) is 32.4 Å². The lowest BCUT2D eigenvalue weighted by Crippen LogP contribution is -2.55. The van der Waals surface area contributed by atoms with Gasteiger partial charge in [0.1, 0.15) is 0 Å². The largest absolute Gasteiger partial charge is 0.354 e. The lowest BCUT2D eigenvalue weighted by atomic mass is 9.91. The molecule has 0 radical (unpaired) electrons. The Morgan fingerprint density at radius 1 is 1.40 bits per heavy atom. The van der Waals surface area contributed by atoms with Crippen LogP contribution in [0.4, 0.5) is 0 Å². The van der Waals surface area contributed by atoms with Gasteiger partial charge in [-0.3, -0.25) is 9.69 Å². The molecule has 2 saturated heterocycles. The van der Waals surface area contributed by atoms with Crippen molar-refractivity contribution >= 4 is 5.91 Å². The molecule has 20 heavy (non-hydrogen) atoms. The van der Waals surface area contributed by atoms with Crippen LogP contribution in [0.1, 0.15) is 46.5 Å². The molecule has 116 valence electrons. The summed E-state index contributed by atoms with van der Waals surface area (Å²) < 4.78 is 0. The molecule has 2 aliphatic heterocycles. The van der Waals surface area contributed by atoms with E-state index >= 15 is 0 Å². The molecule has 2 rings (SSSR count). The standard InChI is InChI=1S/C16H31N3O/c1-4-13-6-5-9-19(11-13)16(2,3)12-18-15(20)14-7-8-17-10-14/h13-14,17H,4-12H2,1-3H3,(H,18,20). The third-order valence-corrected chi connectivity index (χ3v) is 5.08. The minimum absolute atomic E-state index is 0.0650. The second-order valence-corrected chi connectivity index (χ2v) is 7.08. The van der Waals surface area contributed by atoms with E-state index in [4.69, 9.17) is 0 Å². The Labute approximate surface area is 123 Å². The van der Waals surface area contributed by atoms with Gasteiger partial charge in [0.15, 0.2) is 0 Å². The molecule has 2 unspecified atom stereocenters. The van der Waals surface area contributed by atoms with Crippen molar-refractivity contribution in [2.45, 2.75) is 52.0 Å². The van der Waals surface area contributed by atoms with E-state index in [9.17, 15) is 4.79 Å². The molecule has 0 aliphatic carbocycles. The lowest BCUT2D eigenvalue weighted by molar-refractivity contribution is -0.125. The van der Waals surface area contributed by atoms with Gasteiger partial charge in [-0.1, -0.05) is 13.3 Å². The van der Waals surface area contributed by atoms with Crippen molar-refractivity contribution in [2.75, 3.05) is 32.7 Å². The van der Waals surface area contributed by atoms with Gasteiger partial charge in [0, 0.05) is 25.2 Å². The average molecular weight is 281 g/mol. The highest BCUT2D eigenvalue weighted by Gasteiger charge is 2.32. The molecule has 0 aromatic heterocycles. The second-order valence-electron chi connectivity index (χ2n) is 7.08. The predicted octanol–water partition coefficient (Wildman–Crippen LogP) is 1.61. The van der Waals surface area contributed by atoms with Crippen molar-refractivity contribution in [3.05, 3.63) is 0 Å². The number of amides is 1. The molecule has 2 aliphatic rings. The van der Waals surface area contributed by atoms with E-state index in [0.29, 0.717) is 0 Å². The zero-order valence-electron chi connectivity index (χ0n) is 13.4. The Balaban J connectivity index is 1.81. The molecule has 2 fully saturated rings. The predicted molar refractivity (Wildman–Crippen MR) is 82.7 cm³/mol. The van der Waals surface area contributed by atoms with Crippen LogP contribution < -0.4 is 10.6 Å². The fourth-order valence-corrected chi connectivity index (χ4v) is 3.39. The van der Waals surface area contributed by atoms with Crippen molar-refractivity contribution in [3.8, 4) is 0 Å². The molecule has 0 aromatic rings. The first-order valence-corrected chi connectivity index (χ1v) is 8.26. The van der Waals surface area contributed by atoms with Gasteiger partial charge >= 0.3 is 0 Å². The summed E-state index contributed by atoms with van der Waals surface area (Å²) in [5, 5.41) is 6.43. The van der Waals surface area contributed by atoms with Crippen LogP contribution >= 0.6 is 0 Å². The van der Waals surface area contributed by atoms with Crippen LogP contribution in [0.2, 0.25) is 0 Å². The Morgan fingerprint density at radius 3 is 2.85 bits per heavy atom. The van der Waals surface area contributed by atoms with E-state index in [2.05, 4.69) is 36.3 Å². The third kappa shape index (κ3) is 3.95. The van der Waals surface area contributed by atoms with Crippen LogP contribution in [0.5, 0.6) is 0 Å². The Morgan fingerprint density at radius 2 is 2.20 bits per heavy atom. The van der Waals surface area contributed by atoms with Crippen molar-refractivity contribution in [2.24, 2.45) is 11.8 Å². The van der Waals surface area contributed by atoms with Gasteiger partial charge in [-0.2, -0.15) is 0 Å². The Bertz CT molecular complexity index is 324. The van der Waals surface area contributed by atoms with Gasteiger partial charge in [-0.15, -0.1) is 0 Å². The van der Waals surface area contributed by atoms with Crippen LogP contribution in [0, 0.1) is 11.8 Å². The summed E-state index contributed by atoms with van der Waals surface area (Å²) in [6, 6.07) is 0. The number of nitrogens with zero attached hydrogens (tertiary/aromatic N) is 1. The average Bonchev–Trinajstić information content (AvgIpc) is 2.99. The van der Waals surface area contributed by atoms with Gasteiger partial charge in [-0.25, -0.2) is 0 Å². The van der Waals surface area contributed by atoms with Crippen LogP contribution in [0.3, 0.4) is 0 Å². The number of hydrogen-bond donors (Lipinski definition) is 2. The molecule has 4 nitrogen and oxygen atoms in total. The first kappa shape index (κ1) is 15.8. The highest BCUT2D eigenvalue weighted by atomic mass is 16.1. The number of carbonyl (C=O) groups excluding carboxylic acids is 1. The van der Waals surface area contributed by atoms with Gasteiger partial charge in [0.2, 0.25) is 5.91 Å². The van der Waals surface area contributed by atoms with Crippen LogP contribution in [0.25, 0.3) is 0 Å². The molecule has 0 spiro atoms. The number of carbonyl (C=O) groups is 1. The van der Waals surface area contributed by atoms with E-state index in [-0.39, 0.29) is 17.4 Å². The maximum absolute atomic E-state index is 12.1. The summed E-state index contributed by atoms with van der Waals surface area (Å²) in [5.41, 5.74) is 0.0650. The van der Waals surface area contributed by atoms with E-state index in [0.717, 1.165) is 32.0 Å². The van der Waals surface area contributed by atoms with Crippen LogP contribution in [-0.4, -0.2) is 49.1 Å². The number of piperidine rings is 1. The van der Waals surface area contributed by atoms with Gasteiger partial charge in [0.25, 0.3) is 0 Å². The lowest BCUT2D eigenvalue weighted by Gasteiger charge is -2.43. The molecule has 2 N–H and O–H groups in total. The second kappa shape index (κ2) is 6.90. The van der Waals surface area contributed by atoms with Gasteiger partial charge in [0.05, 0.1) is 5.92 Å².